The van der Waals surface area contributed by atoms with Gasteiger partial charge in [-0.3, -0.25) is 0 Å². The molecule has 0 atom stereocenters. The van der Waals surface area contributed by atoms with Crippen LogP contribution in [-0.4, -0.2) is 55.4 Å². The summed E-state index contributed by atoms with van der Waals surface area (Å²) in [6.07, 6.45) is 1.04. The predicted octanol–water partition coefficient (Wildman–Crippen LogP) is 2.70. The van der Waals surface area contributed by atoms with Crippen LogP contribution in [0.2, 0.25) is 0 Å². The molecule has 10 heteroatoms. The van der Waals surface area contributed by atoms with Gasteiger partial charge < -0.3 is 24.5 Å². The van der Waals surface area contributed by atoms with E-state index in [0.717, 1.165) is 5.76 Å². The van der Waals surface area contributed by atoms with Gasteiger partial charge in [0.2, 0.25) is 11.9 Å². The quantitative estimate of drug-likeness (QED) is 0.405. The second-order valence-electron chi connectivity index (χ2n) is 6.69. The number of carbonyl (C=O) groups excluding carboxylic acids is 1. The van der Waals surface area contributed by atoms with E-state index in [1.807, 2.05) is 6.07 Å². The third-order valence-electron chi connectivity index (χ3n) is 4.06. The highest BCUT2D eigenvalue weighted by molar-refractivity contribution is 5.81. The summed E-state index contributed by atoms with van der Waals surface area (Å²) < 4.78 is 15.5. The van der Waals surface area contributed by atoms with Gasteiger partial charge in [0.1, 0.15) is 11.5 Å². The van der Waals surface area contributed by atoms with Crippen molar-refractivity contribution in [2.24, 2.45) is 0 Å². The molecule has 30 heavy (non-hydrogen) atoms. The molecule has 0 aliphatic heterocycles. The molecule has 10 nitrogen and oxygen atoms in total. The fourth-order valence-electron chi connectivity index (χ4n) is 2.35. The number of hydrogen-bond donors (Lipinski definition) is 2. The van der Waals surface area contributed by atoms with Crippen molar-refractivity contribution in [1.82, 2.24) is 19.4 Å². The van der Waals surface area contributed by atoms with Gasteiger partial charge in [0, 0.05) is 13.7 Å². The maximum atomic E-state index is 12.8. The number of ether oxygens (including phenoxy) is 2. The molecule has 157 valence electrons. The number of methoxy groups -OCH3 is 1. The number of nitrogens with zero attached hydrogens (tertiary/aromatic N) is 4. The Morgan fingerprint density at radius 1 is 1.13 bits per heavy atom. The van der Waals surface area contributed by atoms with Crippen LogP contribution in [0.3, 0.4) is 0 Å². The molecule has 0 spiro atoms. The number of quaternary nitrogens is 1. The Hall–Kier alpha value is -3.50. The molecular weight excluding hydrogens is 388 g/mol. The summed E-state index contributed by atoms with van der Waals surface area (Å²) in [7, 11) is 4.89. The Morgan fingerprint density at radius 2 is 1.87 bits per heavy atom. The second kappa shape index (κ2) is 9.81. The number of amides is 1. The van der Waals surface area contributed by atoms with E-state index in [1.54, 1.807) is 57.8 Å². The molecule has 3 rings (SSSR count). The summed E-state index contributed by atoms with van der Waals surface area (Å²) in [6.45, 7) is 1.35. The number of aromatic nitrogens is 3. The Kier molecular flexibility index (Phi) is 6.94. The molecule has 0 unspecified atom stereocenters. The highest BCUT2D eigenvalue weighted by Gasteiger charge is 2.36. The third kappa shape index (κ3) is 5.52. The van der Waals surface area contributed by atoms with E-state index in [2.05, 4.69) is 31.7 Å². The van der Waals surface area contributed by atoms with Crippen molar-refractivity contribution in [2.45, 2.75) is 6.54 Å². The van der Waals surface area contributed by atoms with Crippen LogP contribution in [0.1, 0.15) is 5.76 Å². The van der Waals surface area contributed by atoms with Gasteiger partial charge in [-0.25, -0.2) is 0 Å². The fraction of sp³-hybridized carbons (Fsp3) is 0.300. The molecule has 2 aromatic heterocycles. The summed E-state index contributed by atoms with van der Waals surface area (Å²) in [5, 5.41) is 6.15. The maximum Gasteiger partial charge on any atom is 0.528 e. The average molecular weight is 412 g/mol. The summed E-state index contributed by atoms with van der Waals surface area (Å²) in [5.41, 5.74) is 0. The van der Waals surface area contributed by atoms with Crippen LogP contribution in [0.25, 0.3) is 0 Å². The van der Waals surface area contributed by atoms with Crippen LogP contribution in [0.15, 0.2) is 47.1 Å². The van der Waals surface area contributed by atoms with Crippen molar-refractivity contribution in [3.8, 4) is 5.75 Å². The lowest BCUT2D eigenvalue weighted by Gasteiger charge is -2.22. The summed E-state index contributed by atoms with van der Waals surface area (Å²) in [4.78, 5) is 26.0. The van der Waals surface area contributed by atoms with Gasteiger partial charge in [-0.2, -0.15) is 14.3 Å². The fourth-order valence-corrected chi connectivity index (χ4v) is 2.35. The standard InChI is InChI=1S/C20H24N6O4/c1-26(2,20(27)30-15-8-5-4-6-9-15)19-24-17(21-11-13-28-3)23-18(25-19)22-14-16-10-7-12-29-16/h5-10,12H,11,13-14H2,1-3H3,(H2,21,22,23,24,25)/q+1. The van der Waals surface area contributed by atoms with Gasteiger partial charge in [-0.05, 0) is 30.3 Å². The van der Waals surface area contributed by atoms with E-state index in [0.29, 0.717) is 37.3 Å². The van der Waals surface area contributed by atoms with E-state index >= 15 is 0 Å². The average Bonchev–Trinajstić information content (AvgIpc) is 3.27. The lowest BCUT2D eigenvalue weighted by Crippen LogP contribution is -2.49. The van der Waals surface area contributed by atoms with E-state index in [1.165, 1.54) is 0 Å². The predicted molar refractivity (Wildman–Crippen MR) is 111 cm³/mol. The molecule has 2 N–H and O–H groups in total. The minimum atomic E-state index is -0.549. The molecule has 0 aliphatic carbocycles. The first-order valence-corrected chi connectivity index (χ1v) is 9.27. The van der Waals surface area contributed by atoms with Gasteiger partial charge in [-0.1, -0.05) is 12.1 Å². The van der Waals surface area contributed by atoms with Gasteiger partial charge in [0.25, 0.3) is 0 Å². The number of benzene rings is 1. The number of nitrogens with one attached hydrogen (secondary N) is 2. The first kappa shape index (κ1) is 21.2. The molecule has 0 saturated carbocycles. The SMILES string of the molecule is COCCNc1nc(NCc2ccco2)nc([N+](C)(C)C(=O)Oc2cc[c]cc2)n1. The van der Waals surface area contributed by atoms with Crippen LogP contribution in [-0.2, 0) is 11.3 Å². The molecule has 0 bridgehead atoms. The monoisotopic (exact) mass is 412 g/mol. The Balaban J connectivity index is 1.83. The minimum absolute atomic E-state index is 0.208. The van der Waals surface area contributed by atoms with E-state index < -0.39 is 6.09 Å². The van der Waals surface area contributed by atoms with Crippen molar-refractivity contribution >= 4 is 23.9 Å². The zero-order valence-corrected chi connectivity index (χ0v) is 17.1. The van der Waals surface area contributed by atoms with Crippen LogP contribution in [0.5, 0.6) is 5.75 Å². The molecule has 1 amide bonds. The topological polar surface area (TPSA) is 111 Å². The molecule has 1 radical (unpaired) electrons. The second-order valence-corrected chi connectivity index (χ2v) is 6.69. The molecule has 3 aromatic rings. The molecular formula is C20H24N6O4+. The van der Waals surface area contributed by atoms with E-state index in [-0.39, 0.29) is 10.4 Å². The number of carbonyl (C=O) groups is 1. The molecule has 0 aliphatic rings. The van der Waals surface area contributed by atoms with Crippen LogP contribution >= 0.6 is 0 Å². The minimum Gasteiger partial charge on any atom is -0.467 e. The maximum absolute atomic E-state index is 12.8. The number of rotatable bonds is 9. The Morgan fingerprint density at radius 3 is 2.53 bits per heavy atom. The van der Waals surface area contributed by atoms with Crippen molar-refractivity contribution in [1.29, 1.82) is 0 Å². The van der Waals surface area contributed by atoms with E-state index in [4.69, 9.17) is 13.9 Å². The Labute approximate surface area is 174 Å². The lowest BCUT2D eigenvalue weighted by molar-refractivity contribution is 0.170. The van der Waals surface area contributed by atoms with Gasteiger partial charge in [0.15, 0.2) is 0 Å². The third-order valence-corrected chi connectivity index (χ3v) is 4.06. The lowest BCUT2D eigenvalue weighted by atomic mass is 10.3. The molecule has 2 heterocycles. The molecule has 0 fully saturated rings. The van der Waals surface area contributed by atoms with Crippen LogP contribution in [0, 0.1) is 6.07 Å². The number of furan rings is 1. The van der Waals surface area contributed by atoms with Gasteiger partial charge in [-0.15, -0.1) is 9.97 Å². The number of hydrogen-bond acceptors (Lipinski definition) is 9. The van der Waals surface area contributed by atoms with Gasteiger partial charge in [0.05, 0.1) is 33.5 Å². The highest BCUT2D eigenvalue weighted by atomic mass is 16.6. The number of anilines is 2. The largest absolute Gasteiger partial charge is 0.528 e. The highest BCUT2D eigenvalue weighted by Crippen LogP contribution is 2.21. The normalized spacial score (nSPS) is 11.2. The van der Waals surface area contributed by atoms with Crippen molar-refractivity contribution in [2.75, 3.05) is 45.0 Å². The smallest absolute Gasteiger partial charge is 0.467 e. The summed E-state index contributed by atoms with van der Waals surface area (Å²) in [5.74, 6) is 1.95. The first-order chi connectivity index (χ1) is 14.5. The zero-order valence-electron chi connectivity index (χ0n) is 17.1. The summed E-state index contributed by atoms with van der Waals surface area (Å²) >= 11 is 0. The molecule has 1 aromatic carbocycles. The first-order valence-electron chi connectivity index (χ1n) is 9.27. The Bertz CT molecular complexity index is 947. The van der Waals surface area contributed by atoms with Gasteiger partial charge >= 0.3 is 12.0 Å². The van der Waals surface area contributed by atoms with Crippen LogP contribution in [0.4, 0.5) is 22.6 Å². The summed E-state index contributed by atoms with van der Waals surface area (Å²) in [6, 6.07) is 13.1. The van der Waals surface area contributed by atoms with E-state index in [9.17, 15) is 4.79 Å². The van der Waals surface area contributed by atoms with Crippen molar-refractivity contribution < 1.29 is 18.7 Å². The van der Waals surface area contributed by atoms with Crippen LogP contribution < -0.4 is 19.9 Å². The zero-order chi connectivity index (χ0) is 21.4. The molecule has 0 saturated heterocycles. The van der Waals surface area contributed by atoms with Crippen molar-refractivity contribution in [3.63, 3.8) is 0 Å². The van der Waals surface area contributed by atoms with Crippen molar-refractivity contribution in [3.05, 3.63) is 54.5 Å².